The molecular weight excluding hydrogens is 475 g/mol. The van der Waals surface area contributed by atoms with E-state index in [0.29, 0.717) is 42.4 Å². The molecule has 1 N–H and O–H groups in total. The van der Waals surface area contributed by atoms with Gasteiger partial charge < -0.3 is 19.7 Å². The highest BCUT2D eigenvalue weighted by Crippen LogP contribution is 2.42. The summed E-state index contributed by atoms with van der Waals surface area (Å²) < 4.78 is 11.5. The zero-order chi connectivity index (χ0) is 23.8. The lowest BCUT2D eigenvalue weighted by molar-refractivity contribution is -0.121. The van der Waals surface area contributed by atoms with Crippen LogP contribution in [0.5, 0.6) is 11.6 Å². The van der Waals surface area contributed by atoms with Gasteiger partial charge in [-0.05, 0) is 25.5 Å². The molecule has 1 amide bonds. The largest absolute Gasteiger partial charge is 0.437 e. The van der Waals surface area contributed by atoms with Crippen molar-refractivity contribution >= 4 is 35.6 Å². The summed E-state index contributed by atoms with van der Waals surface area (Å²) in [5.41, 5.74) is 2.63. The number of carbonyl (C=O) groups is 1. The summed E-state index contributed by atoms with van der Waals surface area (Å²) in [7, 11) is 1.70. The van der Waals surface area contributed by atoms with Crippen molar-refractivity contribution in [1.29, 1.82) is 0 Å². The van der Waals surface area contributed by atoms with Crippen molar-refractivity contribution in [2.24, 2.45) is 0 Å². The van der Waals surface area contributed by atoms with Crippen LogP contribution in [-0.4, -0.2) is 67.8 Å². The van der Waals surface area contributed by atoms with Crippen LogP contribution in [0.15, 0.2) is 30.5 Å². The first-order valence-corrected chi connectivity index (χ1v) is 11.8. The molecule has 2 aliphatic rings. The number of hydrogen-bond acceptors (Lipinski definition) is 6. The number of nitrogens with one attached hydrogen (secondary N) is 1. The first-order chi connectivity index (χ1) is 15.7. The molecule has 9 heteroatoms. The first kappa shape index (κ1) is 26.7. The molecule has 2 aromatic rings. The fourth-order valence-electron chi connectivity index (χ4n) is 4.71. The van der Waals surface area contributed by atoms with Crippen LogP contribution < -0.4 is 15.0 Å². The van der Waals surface area contributed by atoms with Gasteiger partial charge >= 0.3 is 0 Å². The lowest BCUT2D eigenvalue weighted by Gasteiger charge is -2.39. The maximum Gasteiger partial charge on any atom is 0.241 e. The van der Waals surface area contributed by atoms with Crippen molar-refractivity contribution in [2.75, 3.05) is 44.8 Å². The zero-order valence-electron chi connectivity index (χ0n) is 20.4. The third kappa shape index (κ3) is 5.50. The molecule has 1 fully saturated rings. The molecule has 2 aliphatic heterocycles. The monoisotopic (exact) mass is 508 g/mol. The second-order valence-electron chi connectivity index (χ2n) is 9.74. The Labute approximate surface area is 213 Å². The van der Waals surface area contributed by atoms with Gasteiger partial charge in [-0.15, -0.1) is 12.4 Å². The molecule has 3 heterocycles. The summed E-state index contributed by atoms with van der Waals surface area (Å²) in [6, 6.07) is 7.98. The minimum Gasteiger partial charge on any atom is -0.437 e. The Morgan fingerprint density at radius 2 is 2.12 bits per heavy atom. The molecule has 2 atom stereocenters. The number of aromatic nitrogens is 1. The summed E-state index contributed by atoms with van der Waals surface area (Å²) in [6.45, 7) is 11.5. The van der Waals surface area contributed by atoms with Gasteiger partial charge in [0.25, 0.3) is 0 Å². The van der Waals surface area contributed by atoms with E-state index in [2.05, 4.69) is 36.0 Å². The fourth-order valence-corrected chi connectivity index (χ4v) is 4.97. The van der Waals surface area contributed by atoms with Gasteiger partial charge in [0, 0.05) is 62.1 Å². The number of ether oxygens (including phenoxy) is 2. The van der Waals surface area contributed by atoms with Crippen LogP contribution in [0.4, 0.5) is 5.69 Å². The standard InChI is InChI=1S/C25H33ClN4O3.ClH/c1-16-7-6-8-20(26)24(16)33-22-9-21-19(11-28-22)25(3,4)15-30(21)23(31)13-29-12-17(2)27-10-18(29)14-32-5;/h6-9,11,17-18,27H,10,12-15H2,1-5H3;1H/t17-,18-;/m1./s1. The van der Waals surface area contributed by atoms with Gasteiger partial charge in [0.1, 0.15) is 0 Å². The number of methoxy groups -OCH3 is 1. The number of pyridine rings is 1. The molecule has 1 aromatic heterocycles. The smallest absolute Gasteiger partial charge is 0.241 e. The Morgan fingerprint density at radius 1 is 1.35 bits per heavy atom. The van der Waals surface area contributed by atoms with Gasteiger partial charge in [-0.25, -0.2) is 4.98 Å². The maximum atomic E-state index is 13.5. The molecule has 1 saturated heterocycles. The predicted octanol–water partition coefficient (Wildman–Crippen LogP) is 4.19. The van der Waals surface area contributed by atoms with E-state index in [9.17, 15) is 4.79 Å². The first-order valence-electron chi connectivity index (χ1n) is 11.4. The Bertz CT molecular complexity index is 1010. The van der Waals surface area contributed by atoms with Crippen LogP contribution in [-0.2, 0) is 14.9 Å². The number of amides is 1. The molecule has 0 radical (unpaired) electrons. The van der Waals surface area contributed by atoms with Crippen LogP contribution in [0.3, 0.4) is 0 Å². The van der Waals surface area contributed by atoms with E-state index in [1.165, 1.54) is 0 Å². The van der Waals surface area contributed by atoms with Crippen molar-refractivity contribution in [2.45, 2.75) is 45.2 Å². The number of fused-ring (bicyclic) bond motifs is 1. The van der Waals surface area contributed by atoms with Gasteiger partial charge in [0.15, 0.2) is 5.75 Å². The normalized spacial score (nSPS) is 21.6. The molecule has 4 rings (SSSR count). The third-order valence-electron chi connectivity index (χ3n) is 6.53. The van der Waals surface area contributed by atoms with E-state index in [0.717, 1.165) is 29.9 Å². The van der Waals surface area contributed by atoms with Crippen molar-refractivity contribution in [3.63, 3.8) is 0 Å². The van der Waals surface area contributed by atoms with Gasteiger partial charge in [-0.1, -0.05) is 37.6 Å². The number of nitrogens with zero attached hydrogens (tertiary/aromatic N) is 3. The zero-order valence-corrected chi connectivity index (χ0v) is 22.0. The molecule has 0 spiro atoms. The van der Waals surface area contributed by atoms with Crippen LogP contribution in [0.1, 0.15) is 31.9 Å². The number of piperazine rings is 1. The summed E-state index contributed by atoms with van der Waals surface area (Å²) in [5.74, 6) is 1.08. The quantitative estimate of drug-likeness (QED) is 0.630. The molecule has 7 nitrogen and oxygen atoms in total. The number of halogens is 2. The third-order valence-corrected chi connectivity index (χ3v) is 6.82. The highest BCUT2D eigenvalue weighted by Gasteiger charge is 2.40. The van der Waals surface area contributed by atoms with E-state index in [1.807, 2.05) is 36.2 Å². The van der Waals surface area contributed by atoms with E-state index >= 15 is 0 Å². The highest BCUT2D eigenvalue weighted by atomic mass is 35.5. The van der Waals surface area contributed by atoms with Crippen molar-refractivity contribution < 1.29 is 14.3 Å². The molecular formula is C25H34Cl2N4O3. The second-order valence-corrected chi connectivity index (χ2v) is 10.1. The number of carbonyl (C=O) groups excluding carboxylic acids is 1. The van der Waals surface area contributed by atoms with Crippen LogP contribution in [0, 0.1) is 6.92 Å². The van der Waals surface area contributed by atoms with Crippen molar-refractivity contribution in [3.8, 4) is 11.6 Å². The molecule has 0 aliphatic carbocycles. The molecule has 186 valence electrons. The number of rotatable bonds is 6. The lowest BCUT2D eigenvalue weighted by atomic mass is 9.88. The number of para-hydroxylation sites is 1. The summed E-state index contributed by atoms with van der Waals surface area (Å²) in [4.78, 5) is 22.2. The average Bonchev–Trinajstić information content (AvgIpc) is 3.03. The molecule has 1 aromatic carbocycles. The Balaban J connectivity index is 0.00000324. The van der Waals surface area contributed by atoms with Crippen LogP contribution >= 0.6 is 24.0 Å². The number of aryl methyl sites for hydroxylation is 1. The number of hydrogen-bond donors (Lipinski definition) is 1. The summed E-state index contributed by atoms with van der Waals surface area (Å²) in [5, 5.41) is 4.01. The minimum absolute atomic E-state index is 0. The van der Waals surface area contributed by atoms with E-state index in [-0.39, 0.29) is 29.8 Å². The summed E-state index contributed by atoms with van der Waals surface area (Å²) in [6.07, 6.45) is 1.82. The van der Waals surface area contributed by atoms with Crippen molar-refractivity contribution in [1.82, 2.24) is 15.2 Å². The fraction of sp³-hybridized carbons (Fsp3) is 0.520. The Morgan fingerprint density at radius 3 is 2.82 bits per heavy atom. The van der Waals surface area contributed by atoms with Crippen LogP contribution in [0.2, 0.25) is 5.02 Å². The van der Waals surface area contributed by atoms with E-state index in [4.69, 9.17) is 21.1 Å². The van der Waals surface area contributed by atoms with Gasteiger partial charge in [-0.2, -0.15) is 0 Å². The predicted molar refractivity (Wildman–Crippen MR) is 138 cm³/mol. The molecule has 0 bridgehead atoms. The van der Waals surface area contributed by atoms with Gasteiger partial charge in [-0.3, -0.25) is 9.69 Å². The average molecular weight is 509 g/mol. The Kier molecular flexibility index (Phi) is 8.47. The topological polar surface area (TPSA) is 66.9 Å². The minimum atomic E-state index is -0.195. The van der Waals surface area contributed by atoms with Gasteiger partial charge in [0.2, 0.25) is 11.8 Å². The maximum absolute atomic E-state index is 13.5. The van der Waals surface area contributed by atoms with E-state index < -0.39 is 0 Å². The number of anilines is 1. The van der Waals surface area contributed by atoms with Gasteiger partial charge in [0.05, 0.1) is 23.9 Å². The van der Waals surface area contributed by atoms with E-state index in [1.54, 1.807) is 13.2 Å². The highest BCUT2D eigenvalue weighted by molar-refractivity contribution is 6.32. The molecule has 0 saturated carbocycles. The summed E-state index contributed by atoms with van der Waals surface area (Å²) >= 11 is 6.34. The Hall–Kier alpha value is -1.90. The SMILES string of the molecule is COC[C@H]1CN[C@H](C)CN1CC(=O)N1CC(C)(C)c2cnc(Oc3c(C)cccc3Cl)cc21.Cl. The molecule has 34 heavy (non-hydrogen) atoms. The lowest BCUT2D eigenvalue weighted by Crippen LogP contribution is -2.59. The van der Waals surface area contributed by atoms with Crippen LogP contribution in [0.25, 0.3) is 0 Å². The second kappa shape index (κ2) is 10.8. The van der Waals surface area contributed by atoms with Crippen molar-refractivity contribution in [3.05, 3.63) is 46.6 Å². The molecule has 0 unspecified atom stereocenters. The number of benzene rings is 1.